The Balaban J connectivity index is 2.88. The van der Waals surface area contributed by atoms with Crippen molar-refractivity contribution < 1.29 is 29.1 Å². The minimum absolute atomic E-state index is 0.182. The van der Waals surface area contributed by atoms with E-state index < -0.39 is 53.8 Å². The van der Waals surface area contributed by atoms with E-state index in [0.717, 1.165) is 0 Å². The summed E-state index contributed by atoms with van der Waals surface area (Å²) >= 11 is 1.44. The second kappa shape index (κ2) is 15.0. The van der Waals surface area contributed by atoms with Crippen molar-refractivity contribution >= 4 is 41.4 Å². The van der Waals surface area contributed by atoms with Crippen LogP contribution in [0.3, 0.4) is 0 Å². The fourth-order valence-electron chi connectivity index (χ4n) is 3.10. The highest BCUT2D eigenvalue weighted by molar-refractivity contribution is 7.98. The highest BCUT2D eigenvalue weighted by atomic mass is 32.2. The third-order valence-electron chi connectivity index (χ3n) is 5.12. The van der Waals surface area contributed by atoms with Gasteiger partial charge in [0.2, 0.25) is 23.6 Å². The van der Waals surface area contributed by atoms with Crippen molar-refractivity contribution in [3.63, 3.8) is 0 Å². The zero-order valence-electron chi connectivity index (χ0n) is 20.1. The molecule has 4 atom stereocenters. The van der Waals surface area contributed by atoms with Crippen LogP contribution in [0, 0.1) is 5.92 Å². The molecule has 9 N–H and O–H groups in total. The Morgan fingerprint density at radius 1 is 1.06 bits per heavy atom. The van der Waals surface area contributed by atoms with Crippen LogP contribution in [-0.4, -0.2) is 80.8 Å². The van der Waals surface area contributed by atoms with Gasteiger partial charge in [-0.3, -0.25) is 19.2 Å². The SMILES string of the molecule is CSCCC(NC(=O)C(NC(=O)C(N)Cc1cnc[nH]1)C(C)C)C(=O)NC(CCC(N)=O)C(=O)O. The van der Waals surface area contributed by atoms with Gasteiger partial charge in [0.25, 0.3) is 0 Å². The highest BCUT2D eigenvalue weighted by Crippen LogP contribution is 2.08. The quantitative estimate of drug-likeness (QED) is 0.136. The first kappa shape index (κ1) is 29.9. The second-order valence-corrected chi connectivity index (χ2v) is 9.35. The van der Waals surface area contributed by atoms with Crippen LogP contribution < -0.4 is 27.4 Å². The predicted molar refractivity (Wildman–Crippen MR) is 130 cm³/mol. The number of H-pyrrole nitrogens is 1. The summed E-state index contributed by atoms with van der Waals surface area (Å²) in [5.41, 5.74) is 11.7. The standard InChI is InChI=1S/C21H35N7O6S/c1-11(2)17(28-18(30)13(22)8-12-9-24-10-25-12)20(32)26-14(6-7-35-3)19(31)27-15(21(33)34)4-5-16(23)29/h9-11,13-15,17H,4-8,22H2,1-3H3,(H2,23,29)(H,24,25)(H,26,32)(H,27,31)(H,28,30)(H,33,34). The van der Waals surface area contributed by atoms with E-state index in [9.17, 15) is 29.1 Å². The molecule has 0 saturated carbocycles. The van der Waals surface area contributed by atoms with Gasteiger partial charge < -0.3 is 37.5 Å². The van der Waals surface area contributed by atoms with Crippen LogP contribution in [-0.2, 0) is 30.4 Å². The van der Waals surface area contributed by atoms with Gasteiger partial charge in [-0.25, -0.2) is 9.78 Å². The molecule has 0 aliphatic carbocycles. The van der Waals surface area contributed by atoms with Gasteiger partial charge in [0.15, 0.2) is 0 Å². The van der Waals surface area contributed by atoms with Crippen LogP contribution in [0.1, 0.15) is 38.8 Å². The largest absolute Gasteiger partial charge is 0.480 e. The van der Waals surface area contributed by atoms with E-state index in [0.29, 0.717) is 11.4 Å². The van der Waals surface area contributed by atoms with Crippen molar-refractivity contribution in [3.8, 4) is 0 Å². The summed E-state index contributed by atoms with van der Waals surface area (Å²) in [6.07, 6.45) is 4.84. The number of hydrogen-bond acceptors (Lipinski definition) is 8. The topological polar surface area (TPSA) is 222 Å². The molecule has 0 radical (unpaired) electrons. The first-order valence-corrected chi connectivity index (χ1v) is 12.5. The van der Waals surface area contributed by atoms with E-state index in [1.807, 2.05) is 6.26 Å². The van der Waals surface area contributed by atoms with Crippen LogP contribution in [0.2, 0.25) is 0 Å². The number of carboxylic acids is 1. The minimum Gasteiger partial charge on any atom is -0.480 e. The summed E-state index contributed by atoms with van der Waals surface area (Å²) in [6.45, 7) is 3.46. The molecule has 0 spiro atoms. The molecule has 0 aromatic carbocycles. The smallest absolute Gasteiger partial charge is 0.326 e. The Kier molecular flexibility index (Phi) is 12.8. The Morgan fingerprint density at radius 2 is 1.71 bits per heavy atom. The maximum atomic E-state index is 13.0. The van der Waals surface area contributed by atoms with Crippen LogP contribution in [0.15, 0.2) is 12.5 Å². The molecular weight excluding hydrogens is 478 g/mol. The van der Waals surface area contributed by atoms with Crippen molar-refractivity contribution in [2.75, 3.05) is 12.0 Å². The van der Waals surface area contributed by atoms with Crippen molar-refractivity contribution in [1.29, 1.82) is 0 Å². The molecule has 1 aromatic rings. The Bertz CT molecular complexity index is 864. The molecule has 0 bridgehead atoms. The Hall–Kier alpha value is -3.13. The van der Waals surface area contributed by atoms with E-state index in [1.54, 1.807) is 20.0 Å². The molecule has 0 fully saturated rings. The summed E-state index contributed by atoms with van der Waals surface area (Å²) in [5.74, 6) is -3.71. The molecule has 0 aliphatic rings. The van der Waals surface area contributed by atoms with Crippen molar-refractivity contribution in [2.24, 2.45) is 17.4 Å². The molecule has 13 nitrogen and oxygen atoms in total. The fourth-order valence-corrected chi connectivity index (χ4v) is 3.57. The third kappa shape index (κ3) is 10.8. The number of carbonyl (C=O) groups excluding carboxylic acids is 4. The second-order valence-electron chi connectivity index (χ2n) is 8.36. The fraction of sp³-hybridized carbons (Fsp3) is 0.619. The highest BCUT2D eigenvalue weighted by Gasteiger charge is 2.31. The number of rotatable bonds is 16. The number of imidazole rings is 1. The molecule has 4 unspecified atom stereocenters. The molecule has 0 saturated heterocycles. The summed E-state index contributed by atoms with van der Waals surface area (Å²) in [4.78, 5) is 67.6. The van der Waals surface area contributed by atoms with Gasteiger partial charge in [-0.15, -0.1) is 0 Å². The van der Waals surface area contributed by atoms with Gasteiger partial charge in [-0.2, -0.15) is 11.8 Å². The van der Waals surface area contributed by atoms with Gasteiger partial charge in [0.1, 0.15) is 18.1 Å². The zero-order valence-corrected chi connectivity index (χ0v) is 20.9. The maximum absolute atomic E-state index is 13.0. The number of primary amides is 1. The maximum Gasteiger partial charge on any atom is 0.326 e. The number of aromatic nitrogens is 2. The van der Waals surface area contributed by atoms with Crippen LogP contribution >= 0.6 is 11.8 Å². The first-order valence-electron chi connectivity index (χ1n) is 11.1. The molecule has 4 amide bonds. The van der Waals surface area contributed by atoms with Gasteiger partial charge >= 0.3 is 5.97 Å². The van der Waals surface area contributed by atoms with Gasteiger partial charge in [0.05, 0.1) is 12.4 Å². The van der Waals surface area contributed by atoms with Crippen LogP contribution in [0.5, 0.6) is 0 Å². The lowest BCUT2D eigenvalue weighted by Crippen LogP contribution is -2.58. The van der Waals surface area contributed by atoms with Crippen LogP contribution in [0.25, 0.3) is 0 Å². The summed E-state index contributed by atoms with van der Waals surface area (Å²) in [5, 5.41) is 16.9. The monoisotopic (exact) mass is 513 g/mol. The molecule has 14 heteroatoms. The number of carboxylic acid groups (broad SMARTS) is 1. The lowest BCUT2D eigenvalue weighted by atomic mass is 10.0. The molecule has 35 heavy (non-hydrogen) atoms. The van der Waals surface area contributed by atoms with E-state index >= 15 is 0 Å². The number of nitrogens with two attached hydrogens (primary N) is 2. The minimum atomic E-state index is -1.34. The molecule has 196 valence electrons. The number of nitrogens with one attached hydrogen (secondary N) is 4. The van der Waals surface area contributed by atoms with Crippen molar-refractivity contribution in [1.82, 2.24) is 25.9 Å². The van der Waals surface area contributed by atoms with E-state index in [2.05, 4.69) is 25.9 Å². The lowest BCUT2D eigenvalue weighted by Gasteiger charge is -2.27. The summed E-state index contributed by atoms with van der Waals surface area (Å²) in [7, 11) is 0. The first-order chi connectivity index (χ1) is 16.5. The zero-order chi connectivity index (χ0) is 26.5. The number of carbonyl (C=O) groups is 5. The summed E-state index contributed by atoms with van der Waals surface area (Å²) in [6, 6.07) is -4.31. The van der Waals surface area contributed by atoms with E-state index in [-0.39, 0.29) is 31.6 Å². The number of hydrogen-bond donors (Lipinski definition) is 7. The molecule has 0 aliphatic heterocycles. The predicted octanol–water partition coefficient (Wildman–Crippen LogP) is -1.51. The normalized spacial score (nSPS) is 14.4. The lowest BCUT2D eigenvalue weighted by molar-refractivity contribution is -0.142. The number of aromatic amines is 1. The molecular formula is C21H35N7O6S. The summed E-state index contributed by atoms with van der Waals surface area (Å²) < 4.78 is 0. The molecule has 1 rings (SSSR count). The average molecular weight is 514 g/mol. The third-order valence-corrected chi connectivity index (χ3v) is 5.76. The van der Waals surface area contributed by atoms with Gasteiger partial charge in [-0.1, -0.05) is 13.8 Å². The van der Waals surface area contributed by atoms with Gasteiger partial charge in [-0.05, 0) is 30.8 Å². The number of amides is 4. The van der Waals surface area contributed by atoms with Crippen LogP contribution in [0.4, 0.5) is 0 Å². The van der Waals surface area contributed by atoms with E-state index in [1.165, 1.54) is 18.1 Å². The molecule has 1 aromatic heterocycles. The Labute approximate surface area is 207 Å². The van der Waals surface area contributed by atoms with Gasteiger partial charge in [0, 0.05) is 24.7 Å². The molecule has 1 heterocycles. The number of nitrogens with zero attached hydrogens (tertiary/aromatic N) is 1. The average Bonchev–Trinajstić information content (AvgIpc) is 3.29. The van der Waals surface area contributed by atoms with Crippen molar-refractivity contribution in [2.45, 2.75) is 63.7 Å². The van der Waals surface area contributed by atoms with E-state index in [4.69, 9.17) is 11.5 Å². The number of thioether (sulfide) groups is 1. The Morgan fingerprint density at radius 3 is 2.23 bits per heavy atom. The number of aliphatic carboxylic acids is 1. The van der Waals surface area contributed by atoms with Crippen molar-refractivity contribution in [3.05, 3.63) is 18.2 Å².